The fourth-order valence-corrected chi connectivity index (χ4v) is 4.08. The Bertz CT molecular complexity index is 1350. The van der Waals surface area contributed by atoms with Gasteiger partial charge in [-0.1, -0.05) is 42.5 Å². The van der Waals surface area contributed by atoms with Crippen molar-refractivity contribution in [3.63, 3.8) is 0 Å². The molecule has 0 aliphatic rings. The van der Waals surface area contributed by atoms with E-state index in [2.05, 4.69) is 15.6 Å². The van der Waals surface area contributed by atoms with Crippen molar-refractivity contribution in [2.75, 3.05) is 6.61 Å². The van der Waals surface area contributed by atoms with E-state index in [-0.39, 0.29) is 24.9 Å². The molecule has 9 nitrogen and oxygen atoms in total. The van der Waals surface area contributed by atoms with Gasteiger partial charge in [-0.25, -0.2) is 4.68 Å². The predicted octanol–water partition coefficient (Wildman–Crippen LogP) is 4.50. The van der Waals surface area contributed by atoms with Crippen LogP contribution in [0.4, 0.5) is 0 Å². The van der Waals surface area contributed by atoms with Gasteiger partial charge in [-0.15, -0.1) is 5.10 Å². The van der Waals surface area contributed by atoms with Crippen molar-refractivity contribution < 1.29 is 18.7 Å². The quantitative estimate of drug-likeness (QED) is 0.323. The first-order chi connectivity index (χ1) is 17.8. The summed E-state index contributed by atoms with van der Waals surface area (Å²) >= 11 is 0. The summed E-state index contributed by atoms with van der Waals surface area (Å²) in [5.74, 6) is 0.483. The van der Waals surface area contributed by atoms with Gasteiger partial charge in [0, 0.05) is 11.1 Å². The third kappa shape index (κ3) is 5.99. The zero-order valence-corrected chi connectivity index (χ0v) is 21.7. The molecule has 0 spiro atoms. The van der Waals surface area contributed by atoms with E-state index in [9.17, 15) is 9.59 Å². The normalized spacial score (nSPS) is 12.3. The van der Waals surface area contributed by atoms with Crippen LogP contribution in [0.25, 0.3) is 11.0 Å². The van der Waals surface area contributed by atoms with Gasteiger partial charge in [0.05, 0.1) is 24.9 Å². The summed E-state index contributed by atoms with van der Waals surface area (Å²) in [6.07, 6.45) is 2.27. The van der Waals surface area contributed by atoms with Crippen LogP contribution in [0.2, 0.25) is 0 Å². The number of benzene rings is 2. The standard InChI is InChI=1S/C28H33N5O4/c1-5-28(3,4)29-27(35)26(21-13-7-10-16-24(21)36-6-2)32(18-20-12-11-17-37-20)25(34)19-33-23-15-9-8-14-22(23)30-31-33/h7-17,26H,5-6,18-19H2,1-4H3,(H,29,35)/t26-/m0/s1. The molecule has 0 saturated heterocycles. The molecule has 0 fully saturated rings. The zero-order valence-electron chi connectivity index (χ0n) is 21.7. The number of ether oxygens (including phenoxy) is 1. The Morgan fingerprint density at radius 2 is 1.84 bits per heavy atom. The molecule has 4 aromatic rings. The number of nitrogens with one attached hydrogen (secondary N) is 1. The monoisotopic (exact) mass is 503 g/mol. The van der Waals surface area contributed by atoms with Gasteiger partial charge < -0.3 is 19.4 Å². The molecule has 194 valence electrons. The van der Waals surface area contributed by atoms with Crippen LogP contribution in [0.5, 0.6) is 5.75 Å². The number of carbonyl (C=O) groups is 2. The number of furan rings is 1. The van der Waals surface area contributed by atoms with Gasteiger partial charge in [0.25, 0.3) is 0 Å². The lowest BCUT2D eigenvalue weighted by atomic mass is 9.98. The minimum Gasteiger partial charge on any atom is -0.494 e. The van der Waals surface area contributed by atoms with Crippen molar-refractivity contribution >= 4 is 22.8 Å². The van der Waals surface area contributed by atoms with Crippen LogP contribution < -0.4 is 10.1 Å². The summed E-state index contributed by atoms with van der Waals surface area (Å²) in [5, 5.41) is 11.5. The molecule has 2 aromatic carbocycles. The third-order valence-electron chi connectivity index (χ3n) is 6.35. The number of rotatable bonds is 11. The SMILES string of the molecule is CCOc1ccccc1[C@@H](C(=O)NC(C)(C)CC)N(Cc1ccco1)C(=O)Cn1nnc2ccccc21. The highest BCUT2D eigenvalue weighted by Gasteiger charge is 2.36. The maximum absolute atomic E-state index is 14.0. The van der Waals surface area contributed by atoms with Crippen LogP contribution in [0.3, 0.4) is 0 Å². The molecular weight excluding hydrogens is 470 g/mol. The van der Waals surface area contributed by atoms with Crippen molar-refractivity contribution in [1.82, 2.24) is 25.2 Å². The van der Waals surface area contributed by atoms with Gasteiger partial charge in [0.1, 0.15) is 29.6 Å². The first kappa shape index (κ1) is 25.9. The summed E-state index contributed by atoms with van der Waals surface area (Å²) in [4.78, 5) is 29.4. The molecule has 2 aromatic heterocycles. The van der Waals surface area contributed by atoms with E-state index in [1.165, 1.54) is 4.90 Å². The second kappa shape index (κ2) is 11.3. The van der Waals surface area contributed by atoms with Crippen LogP contribution in [0.1, 0.15) is 51.5 Å². The molecule has 4 rings (SSSR count). The van der Waals surface area contributed by atoms with E-state index in [1.807, 2.05) is 76.2 Å². The predicted molar refractivity (Wildman–Crippen MR) is 140 cm³/mol. The van der Waals surface area contributed by atoms with E-state index in [0.29, 0.717) is 29.2 Å². The second-order valence-electron chi connectivity index (χ2n) is 9.44. The average Bonchev–Trinajstić information content (AvgIpc) is 3.55. The van der Waals surface area contributed by atoms with Crippen LogP contribution in [-0.4, -0.2) is 43.9 Å². The van der Waals surface area contributed by atoms with Gasteiger partial charge in [0.15, 0.2) is 0 Å². The maximum Gasteiger partial charge on any atom is 0.248 e. The largest absolute Gasteiger partial charge is 0.494 e. The number of amides is 2. The molecule has 0 unspecified atom stereocenters. The number of fused-ring (bicyclic) bond motifs is 1. The van der Waals surface area contributed by atoms with Crippen LogP contribution in [0, 0.1) is 0 Å². The number of para-hydroxylation sites is 2. The molecule has 37 heavy (non-hydrogen) atoms. The summed E-state index contributed by atoms with van der Waals surface area (Å²) in [7, 11) is 0. The van der Waals surface area contributed by atoms with E-state index in [0.717, 1.165) is 11.9 Å². The molecule has 0 radical (unpaired) electrons. The lowest BCUT2D eigenvalue weighted by molar-refractivity contribution is -0.143. The minimum atomic E-state index is -0.971. The number of aromatic nitrogens is 3. The average molecular weight is 504 g/mol. The Balaban J connectivity index is 1.79. The van der Waals surface area contributed by atoms with Crippen LogP contribution in [0.15, 0.2) is 71.3 Å². The van der Waals surface area contributed by atoms with E-state index >= 15 is 0 Å². The van der Waals surface area contributed by atoms with Crippen molar-refractivity contribution in [1.29, 1.82) is 0 Å². The Labute approximate surface area is 216 Å². The number of hydrogen-bond donors (Lipinski definition) is 1. The number of carbonyl (C=O) groups excluding carboxylic acids is 2. The highest BCUT2D eigenvalue weighted by Crippen LogP contribution is 2.32. The highest BCUT2D eigenvalue weighted by atomic mass is 16.5. The lowest BCUT2D eigenvalue weighted by Crippen LogP contribution is -2.50. The fraction of sp³-hybridized carbons (Fsp3) is 0.357. The van der Waals surface area contributed by atoms with Gasteiger partial charge in [-0.2, -0.15) is 0 Å². The minimum absolute atomic E-state index is 0.0869. The topological polar surface area (TPSA) is 102 Å². The first-order valence-electron chi connectivity index (χ1n) is 12.5. The molecule has 0 aliphatic carbocycles. The molecular formula is C28H33N5O4. The molecule has 1 N–H and O–H groups in total. The van der Waals surface area contributed by atoms with Crippen molar-refractivity contribution in [3.8, 4) is 5.75 Å². The van der Waals surface area contributed by atoms with Crippen LogP contribution in [-0.2, 0) is 22.7 Å². The van der Waals surface area contributed by atoms with Crippen molar-refractivity contribution in [2.24, 2.45) is 0 Å². The molecule has 2 amide bonds. The van der Waals surface area contributed by atoms with E-state index < -0.39 is 11.6 Å². The van der Waals surface area contributed by atoms with E-state index in [4.69, 9.17) is 9.15 Å². The molecule has 0 bridgehead atoms. The third-order valence-corrected chi connectivity index (χ3v) is 6.35. The Hall–Kier alpha value is -4.14. The summed E-state index contributed by atoms with van der Waals surface area (Å²) in [6.45, 7) is 8.21. The second-order valence-corrected chi connectivity index (χ2v) is 9.44. The molecule has 2 heterocycles. The summed E-state index contributed by atoms with van der Waals surface area (Å²) in [5.41, 5.74) is 1.54. The lowest BCUT2D eigenvalue weighted by Gasteiger charge is -2.34. The Kier molecular flexibility index (Phi) is 7.91. The highest BCUT2D eigenvalue weighted by molar-refractivity contribution is 5.90. The number of nitrogens with zero attached hydrogens (tertiary/aromatic N) is 4. The summed E-state index contributed by atoms with van der Waals surface area (Å²) in [6, 6.07) is 17.3. The molecule has 0 saturated carbocycles. The molecule has 0 aliphatic heterocycles. The molecule has 9 heteroatoms. The van der Waals surface area contributed by atoms with Gasteiger partial charge in [-0.05, 0) is 57.5 Å². The maximum atomic E-state index is 14.0. The van der Waals surface area contributed by atoms with Crippen molar-refractivity contribution in [3.05, 3.63) is 78.3 Å². The van der Waals surface area contributed by atoms with Crippen molar-refractivity contribution in [2.45, 2.75) is 58.8 Å². The van der Waals surface area contributed by atoms with Crippen LogP contribution >= 0.6 is 0 Å². The van der Waals surface area contributed by atoms with Gasteiger partial charge >= 0.3 is 0 Å². The first-order valence-corrected chi connectivity index (χ1v) is 12.5. The van der Waals surface area contributed by atoms with Gasteiger partial charge in [0.2, 0.25) is 11.8 Å². The fourth-order valence-electron chi connectivity index (χ4n) is 4.08. The molecule has 1 atom stereocenters. The Morgan fingerprint density at radius 3 is 2.57 bits per heavy atom. The van der Waals surface area contributed by atoms with E-state index in [1.54, 1.807) is 23.1 Å². The van der Waals surface area contributed by atoms with Gasteiger partial charge in [-0.3, -0.25) is 9.59 Å². The summed E-state index contributed by atoms with van der Waals surface area (Å²) < 4.78 is 13.0. The Morgan fingerprint density at radius 1 is 1.08 bits per heavy atom. The zero-order chi connectivity index (χ0) is 26.4. The smallest absolute Gasteiger partial charge is 0.248 e. The number of hydrogen-bond acceptors (Lipinski definition) is 6.